The third kappa shape index (κ3) is 7.82. The summed E-state index contributed by atoms with van der Waals surface area (Å²) in [5.74, 6) is 0.00202. The Labute approximate surface area is 131 Å². The van der Waals surface area contributed by atoms with Crippen molar-refractivity contribution in [2.24, 2.45) is 22.4 Å². The van der Waals surface area contributed by atoms with E-state index in [1.165, 1.54) is 0 Å². The van der Waals surface area contributed by atoms with Gasteiger partial charge in [0.05, 0.1) is 6.61 Å². The van der Waals surface area contributed by atoms with Crippen LogP contribution in [0.15, 0.2) is 4.99 Å². The van der Waals surface area contributed by atoms with Gasteiger partial charge < -0.3 is 26.8 Å². The molecule has 1 fully saturated rings. The molecule has 1 saturated heterocycles. The lowest BCUT2D eigenvalue weighted by molar-refractivity contribution is -0.129. The molecular weight excluding hydrogens is 286 g/mol. The van der Waals surface area contributed by atoms with Crippen molar-refractivity contribution in [1.29, 1.82) is 0 Å². The predicted molar refractivity (Wildman–Crippen MR) is 84.0 cm³/mol. The standard InChI is InChI=1S/C14H27N5O3/c1-9(2)7-10(19-13(21)11-8-22-11)12(20)17-5-3-4-6-18-14(15)16/h9-11H,3-8H2,1-2H3,(H,17,20)(H,19,21)(H4,15,16,18)/t10-,11+/m1/s1. The van der Waals surface area contributed by atoms with Crippen molar-refractivity contribution in [1.82, 2.24) is 10.6 Å². The second kappa shape index (κ2) is 9.24. The first-order chi connectivity index (χ1) is 10.4. The fraction of sp³-hybridized carbons (Fsp3) is 0.786. The predicted octanol–water partition coefficient (Wildman–Crippen LogP) is -0.914. The number of unbranched alkanes of at least 4 members (excludes halogenated alkanes) is 1. The molecule has 22 heavy (non-hydrogen) atoms. The normalized spacial score (nSPS) is 17.7. The highest BCUT2D eigenvalue weighted by Crippen LogP contribution is 2.11. The van der Waals surface area contributed by atoms with Crippen LogP contribution in [0.3, 0.4) is 0 Å². The highest BCUT2D eigenvalue weighted by atomic mass is 16.6. The van der Waals surface area contributed by atoms with Gasteiger partial charge in [-0.25, -0.2) is 0 Å². The topological polar surface area (TPSA) is 135 Å². The number of ether oxygens (including phenoxy) is 1. The number of amides is 2. The second-order valence-electron chi connectivity index (χ2n) is 5.82. The molecule has 1 aliphatic rings. The number of hydrogen-bond acceptors (Lipinski definition) is 4. The minimum absolute atomic E-state index is 0.0750. The van der Waals surface area contributed by atoms with E-state index in [9.17, 15) is 9.59 Å². The average molecular weight is 313 g/mol. The molecule has 0 saturated carbocycles. The fourth-order valence-corrected chi connectivity index (χ4v) is 1.95. The molecule has 1 rings (SSSR count). The van der Waals surface area contributed by atoms with E-state index in [1.54, 1.807) is 0 Å². The Morgan fingerprint density at radius 3 is 2.55 bits per heavy atom. The zero-order valence-corrected chi connectivity index (χ0v) is 13.3. The van der Waals surface area contributed by atoms with Gasteiger partial charge in [0.15, 0.2) is 12.1 Å². The largest absolute Gasteiger partial charge is 0.370 e. The van der Waals surface area contributed by atoms with Crippen molar-refractivity contribution in [2.45, 2.75) is 45.3 Å². The Balaban J connectivity index is 2.29. The molecule has 0 aliphatic carbocycles. The maximum atomic E-state index is 12.2. The number of carbonyl (C=O) groups excluding carboxylic acids is 2. The van der Waals surface area contributed by atoms with Crippen molar-refractivity contribution in [3.05, 3.63) is 0 Å². The van der Waals surface area contributed by atoms with E-state index in [2.05, 4.69) is 15.6 Å². The minimum Gasteiger partial charge on any atom is -0.370 e. The van der Waals surface area contributed by atoms with Gasteiger partial charge in [0, 0.05) is 13.1 Å². The number of nitrogens with zero attached hydrogens (tertiary/aromatic N) is 1. The lowest BCUT2D eigenvalue weighted by Gasteiger charge is -2.19. The third-order valence-electron chi connectivity index (χ3n) is 3.14. The molecule has 0 radical (unpaired) electrons. The van der Waals surface area contributed by atoms with Gasteiger partial charge in [-0.05, 0) is 25.2 Å². The molecule has 8 heteroatoms. The molecule has 0 spiro atoms. The van der Waals surface area contributed by atoms with Gasteiger partial charge in [-0.1, -0.05) is 13.8 Å². The van der Waals surface area contributed by atoms with E-state index in [-0.39, 0.29) is 23.9 Å². The van der Waals surface area contributed by atoms with Crippen molar-refractivity contribution in [3.8, 4) is 0 Å². The molecule has 0 bridgehead atoms. The smallest absolute Gasteiger partial charge is 0.252 e. The van der Waals surface area contributed by atoms with Crippen molar-refractivity contribution in [3.63, 3.8) is 0 Å². The maximum absolute atomic E-state index is 12.2. The van der Waals surface area contributed by atoms with Gasteiger partial charge in [0.1, 0.15) is 6.04 Å². The monoisotopic (exact) mass is 313 g/mol. The van der Waals surface area contributed by atoms with Gasteiger partial charge in [-0.2, -0.15) is 0 Å². The molecule has 0 aromatic heterocycles. The lowest BCUT2D eigenvalue weighted by Crippen LogP contribution is -2.48. The van der Waals surface area contributed by atoms with Gasteiger partial charge in [0.25, 0.3) is 5.91 Å². The molecule has 8 nitrogen and oxygen atoms in total. The highest BCUT2D eigenvalue weighted by Gasteiger charge is 2.34. The molecule has 6 N–H and O–H groups in total. The summed E-state index contributed by atoms with van der Waals surface area (Å²) in [6.07, 6.45) is 1.77. The second-order valence-corrected chi connectivity index (χ2v) is 5.82. The summed E-state index contributed by atoms with van der Waals surface area (Å²) in [5.41, 5.74) is 10.4. The number of rotatable bonds is 10. The number of nitrogens with two attached hydrogens (primary N) is 2. The van der Waals surface area contributed by atoms with Crippen LogP contribution in [0.1, 0.15) is 33.1 Å². The molecule has 0 aromatic carbocycles. The quantitative estimate of drug-likeness (QED) is 0.179. The zero-order valence-electron chi connectivity index (χ0n) is 13.3. The van der Waals surface area contributed by atoms with E-state index in [0.29, 0.717) is 32.0 Å². The van der Waals surface area contributed by atoms with Crippen LogP contribution < -0.4 is 22.1 Å². The number of hydrogen-bond donors (Lipinski definition) is 4. The Morgan fingerprint density at radius 1 is 1.32 bits per heavy atom. The molecule has 2 atom stereocenters. The highest BCUT2D eigenvalue weighted by molar-refractivity contribution is 5.90. The van der Waals surface area contributed by atoms with Crippen LogP contribution in [0, 0.1) is 5.92 Å². The first kappa shape index (κ1) is 18.2. The summed E-state index contributed by atoms with van der Waals surface area (Å²) in [7, 11) is 0. The van der Waals surface area contributed by atoms with Gasteiger partial charge in [0.2, 0.25) is 5.91 Å². The van der Waals surface area contributed by atoms with Crippen molar-refractivity contribution in [2.75, 3.05) is 19.7 Å². The average Bonchev–Trinajstić information content (AvgIpc) is 3.25. The Morgan fingerprint density at radius 2 is 2.00 bits per heavy atom. The SMILES string of the molecule is CC(C)C[C@@H](NC(=O)[C@@H]1CO1)C(=O)NCCCCN=C(N)N. The van der Waals surface area contributed by atoms with Gasteiger partial charge in [-0.3, -0.25) is 14.6 Å². The summed E-state index contributed by atoms with van der Waals surface area (Å²) >= 11 is 0. The van der Waals surface area contributed by atoms with Crippen LogP contribution in [0.5, 0.6) is 0 Å². The van der Waals surface area contributed by atoms with Gasteiger partial charge >= 0.3 is 0 Å². The summed E-state index contributed by atoms with van der Waals surface area (Å²) in [6, 6.07) is -0.519. The molecule has 0 aromatic rings. The van der Waals surface area contributed by atoms with Crippen LogP contribution in [-0.4, -0.2) is 49.6 Å². The van der Waals surface area contributed by atoms with Crippen LogP contribution in [0.4, 0.5) is 0 Å². The summed E-state index contributed by atoms with van der Waals surface area (Å²) in [5, 5.41) is 5.58. The van der Waals surface area contributed by atoms with E-state index < -0.39 is 6.04 Å². The van der Waals surface area contributed by atoms with Gasteiger partial charge in [-0.15, -0.1) is 0 Å². The van der Waals surface area contributed by atoms with Crippen LogP contribution >= 0.6 is 0 Å². The molecule has 1 heterocycles. The first-order valence-corrected chi connectivity index (χ1v) is 7.65. The Hall–Kier alpha value is -1.83. The number of aliphatic imine (C=N–C) groups is 1. The zero-order chi connectivity index (χ0) is 16.5. The summed E-state index contributed by atoms with van der Waals surface area (Å²) < 4.78 is 4.92. The van der Waals surface area contributed by atoms with Crippen molar-refractivity contribution >= 4 is 17.8 Å². The molecule has 1 aliphatic heterocycles. The number of guanidine groups is 1. The number of epoxide rings is 1. The maximum Gasteiger partial charge on any atom is 0.252 e. The molecule has 0 unspecified atom stereocenters. The molecule has 126 valence electrons. The Kier molecular flexibility index (Phi) is 7.65. The first-order valence-electron chi connectivity index (χ1n) is 7.65. The summed E-state index contributed by atoms with van der Waals surface area (Å²) in [6.45, 7) is 5.53. The van der Waals surface area contributed by atoms with E-state index in [4.69, 9.17) is 16.2 Å². The van der Waals surface area contributed by atoms with Crippen molar-refractivity contribution < 1.29 is 14.3 Å². The Bertz CT molecular complexity index is 403. The third-order valence-corrected chi connectivity index (χ3v) is 3.14. The fourth-order valence-electron chi connectivity index (χ4n) is 1.95. The molecular formula is C14H27N5O3. The number of nitrogens with one attached hydrogen (secondary N) is 2. The van der Waals surface area contributed by atoms with Crippen LogP contribution in [0.25, 0.3) is 0 Å². The van der Waals surface area contributed by atoms with Crippen LogP contribution in [-0.2, 0) is 14.3 Å². The number of carbonyl (C=O) groups is 2. The van der Waals surface area contributed by atoms with E-state index in [0.717, 1.165) is 12.8 Å². The van der Waals surface area contributed by atoms with Crippen LogP contribution in [0.2, 0.25) is 0 Å². The molecule has 2 amide bonds. The lowest BCUT2D eigenvalue weighted by atomic mass is 10.0. The van der Waals surface area contributed by atoms with E-state index >= 15 is 0 Å². The van der Waals surface area contributed by atoms with E-state index in [1.807, 2.05) is 13.8 Å². The minimum atomic E-state index is -0.519. The summed E-state index contributed by atoms with van der Waals surface area (Å²) in [4.78, 5) is 27.8.